The Morgan fingerprint density at radius 1 is 1.56 bits per heavy atom. The number of rotatable bonds is 3. The van der Waals surface area contributed by atoms with Crippen molar-refractivity contribution in [2.45, 2.75) is 32.5 Å². The maximum atomic E-state index is 5.61. The Balaban J connectivity index is 2.02. The molecular weight excluding hydrogens is 224 g/mol. The Morgan fingerprint density at radius 3 is 3.12 bits per heavy atom. The Morgan fingerprint density at radius 2 is 2.38 bits per heavy atom. The maximum Gasteiger partial charge on any atom is 0.134 e. The lowest BCUT2D eigenvalue weighted by Gasteiger charge is -2.36. The van der Waals surface area contributed by atoms with Crippen LogP contribution in [-0.2, 0) is 11.3 Å². The molecule has 1 aliphatic heterocycles. The highest BCUT2D eigenvalue weighted by atomic mass is 32.1. The van der Waals surface area contributed by atoms with Gasteiger partial charge in [0.1, 0.15) is 10.7 Å². The van der Waals surface area contributed by atoms with E-state index in [0.717, 1.165) is 30.4 Å². The third-order valence-corrected chi connectivity index (χ3v) is 3.66. The molecule has 1 aromatic heterocycles. The van der Waals surface area contributed by atoms with Gasteiger partial charge in [-0.2, -0.15) is 0 Å². The standard InChI is InChI=1S/C10H18N4OS/c1-7-6-15-8(2)4-14(7)5-9-10(11-3)16-13-12-9/h7-8,11H,4-6H2,1-3H3. The van der Waals surface area contributed by atoms with Crippen LogP contribution in [0.1, 0.15) is 19.5 Å². The average molecular weight is 242 g/mol. The predicted molar refractivity (Wildman–Crippen MR) is 64.7 cm³/mol. The van der Waals surface area contributed by atoms with Crippen molar-refractivity contribution in [1.82, 2.24) is 14.5 Å². The molecule has 1 N–H and O–H groups in total. The highest BCUT2D eigenvalue weighted by Gasteiger charge is 2.24. The molecule has 0 radical (unpaired) electrons. The zero-order valence-corrected chi connectivity index (χ0v) is 10.8. The first-order valence-corrected chi connectivity index (χ1v) is 6.32. The van der Waals surface area contributed by atoms with Crippen LogP contribution in [0.5, 0.6) is 0 Å². The summed E-state index contributed by atoms with van der Waals surface area (Å²) in [4.78, 5) is 2.39. The van der Waals surface area contributed by atoms with E-state index in [1.807, 2.05) is 7.05 Å². The zero-order valence-electron chi connectivity index (χ0n) is 9.93. The van der Waals surface area contributed by atoms with E-state index in [4.69, 9.17) is 4.74 Å². The third-order valence-electron chi connectivity index (χ3n) is 2.87. The molecule has 2 atom stereocenters. The molecule has 6 heteroatoms. The van der Waals surface area contributed by atoms with E-state index in [9.17, 15) is 0 Å². The summed E-state index contributed by atoms with van der Waals surface area (Å²) in [5, 5.41) is 8.35. The van der Waals surface area contributed by atoms with Gasteiger partial charge in [0.2, 0.25) is 0 Å². The number of hydrogen-bond acceptors (Lipinski definition) is 6. The Hall–Kier alpha value is -0.720. The first kappa shape index (κ1) is 11.8. The molecule has 1 aromatic rings. The summed E-state index contributed by atoms with van der Waals surface area (Å²) < 4.78 is 9.58. The van der Waals surface area contributed by atoms with Crippen LogP contribution in [0.25, 0.3) is 0 Å². The minimum absolute atomic E-state index is 0.306. The molecule has 2 rings (SSSR count). The minimum atomic E-state index is 0.306. The molecule has 0 aliphatic carbocycles. The molecule has 16 heavy (non-hydrogen) atoms. The van der Waals surface area contributed by atoms with Gasteiger partial charge in [0.05, 0.1) is 12.7 Å². The molecule has 0 bridgehead atoms. The van der Waals surface area contributed by atoms with Crippen LogP contribution in [0.3, 0.4) is 0 Å². The van der Waals surface area contributed by atoms with Gasteiger partial charge in [-0.05, 0) is 13.8 Å². The number of ether oxygens (including phenoxy) is 1. The SMILES string of the molecule is CNc1snnc1CN1CC(C)OCC1C. The summed E-state index contributed by atoms with van der Waals surface area (Å²) in [7, 11) is 1.91. The Labute approximate surface area is 100.0 Å². The fraction of sp³-hybridized carbons (Fsp3) is 0.800. The lowest BCUT2D eigenvalue weighted by Crippen LogP contribution is -2.46. The summed E-state index contributed by atoms with van der Waals surface area (Å²) in [5.41, 5.74) is 1.04. The van der Waals surface area contributed by atoms with E-state index in [1.165, 1.54) is 11.5 Å². The highest BCUT2D eigenvalue weighted by Crippen LogP contribution is 2.21. The monoisotopic (exact) mass is 242 g/mol. The lowest BCUT2D eigenvalue weighted by molar-refractivity contribution is -0.0530. The predicted octanol–water partition coefficient (Wildman–Crippen LogP) is 1.19. The van der Waals surface area contributed by atoms with Crippen molar-refractivity contribution >= 4 is 16.5 Å². The molecule has 1 fully saturated rings. The van der Waals surface area contributed by atoms with E-state index >= 15 is 0 Å². The molecule has 2 heterocycles. The lowest BCUT2D eigenvalue weighted by atomic mass is 10.2. The molecule has 90 valence electrons. The normalized spacial score (nSPS) is 26.9. The van der Waals surface area contributed by atoms with Gasteiger partial charge in [-0.25, -0.2) is 0 Å². The summed E-state index contributed by atoms with van der Waals surface area (Å²) in [6.45, 7) is 6.90. The number of nitrogens with zero attached hydrogens (tertiary/aromatic N) is 3. The van der Waals surface area contributed by atoms with Gasteiger partial charge >= 0.3 is 0 Å². The van der Waals surface area contributed by atoms with E-state index in [1.54, 1.807) is 0 Å². The number of aromatic nitrogens is 2. The fourth-order valence-electron chi connectivity index (χ4n) is 1.89. The second kappa shape index (κ2) is 5.07. The summed E-state index contributed by atoms with van der Waals surface area (Å²) >= 11 is 1.41. The number of hydrogen-bond donors (Lipinski definition) is 1. The Kier molecular flexibility index (Phi) is 3.73. The molecule has 0 aromatic carbocycles. The quantitative estimate of drug-likeness (QED) is 0.863. The number of morpholine rings is 1. The number of nitrogens with one attached hydrogen (secondary N) is 1. The van der Waals surface area contributed by atoms with Crippen molar-refractivity contribution in [2.75, 3.05) is 25.5 Å². The van der Waals surface area contributed by atoms with Crippen molar-refractivity contribution < 1.29 is 4.74 Å². The first-order valence-electron chi connectivity index (χ1n) is 5.55. The highest BCUT2D eigenvalue weighted by molar-refractivity contribution is 7.10. The Bertz CT molecular complexity index is 343. The molecule has 1 aliphatic rings. The van der Waals surface area contributed by atoms with Gasteiger partial charge in [0.15, 0.2) is 0 Å². The van der Waals surface area contributed by atoms with Crippen molar-refractivity contribution in [3.63, 3.8) is 0 Å². The van der Waals surface area contributed by atoms with Crippen molar-refractivity contribution in [3.05, 3.63) is 5.69 Å². The van der Waals surface area contributed by atoms with Crippen LogP contribution in [-0.4, -0.2) is 46.8 Å². The topological polar surface area (TPSA) is 50.3 Å². The molecule has 2 unspecified atom stereocenters. The average Bonchev–Trinajstić information content (AvgIpc) is 2.71. The van der Waals surface area contributed by atoms with Gasteiger partial charge in [-0.3, -0.25) is 4.90 Å². The van der Waals surface area contributed by atoms with E-state index < -0.39 is 0 Å². The van der Waals surface area contributed by atoms with E-state index in [-0.39, 0.29) is 0 Å². The summed E-state index contributed by atoms with van der Waals surface area (Å²) in [6, 6.07) is 0.447. The second-order valence-electron chi connectivity index (χ2n) is 4.22. The largest absolute Gasteiger partial charge is 0.377 e. The second-order valence-corrected chi connectivity index (χ2v) is 4.98. The number of anilines is 1. The van der Waals surface area contributed by atoms with Crippen LogP contribution >= 0.6 is 11.5 Å². The van der Waals surface area contributed by atoms with E-state index in [0.29, 0.717) is 12.1 Å². The minimum Gasteiger partial charge on any atom is -0.377 e. The van der Waals surface area contributed by atoms with Crippen molar-refractivity contribution in [3.8, 4) is 0 Å². The summed E-state index contributed by atoms with van der Waals surface area (Å²) in [6.07, 6.45) is 0.306. The molecule has 0 saturated carbocycles. The van der Waals surface area contributed by atoms with Crippen LogP contribution in [0, 0.1) is 0 Å². The van der Waals surface area contributed by atoms with Gasteiger partial charge in [-0.15, -0.1) is 5.10 Å². The maximum absolute atomic E-state index is 5.61. The van der Waals surface area contributed by atoms with Gasteiger partial charge in [-0.1, -0.05) is 4.49 Å². The van der Waals surface area contributed by atoms with E-state index in [2.05, 4.69) is 33.7 Å². The fourth-order valence-corrected chi connectivity index (χ4v) is 2.41. The van der Waals surface area contributed by atoms with Crippen molar-refractivity contribution in [1.29, 1.82) is 0 Å². The molecule has 0 spiro atoms. The third kappa shape index (κ3) is 2.50. The van der Waals surface area contributed by atoms with Crippen LogP contribution < -0.4 is 5.32 Å². The summed E-state index contributed by atoms with van der Waals surface area (Å²) in [5.74, 6) is 0. The molecular formula is C10H18N4OS. The molecule has 1 saturated heterocycles. The van der Waals surface area contributed by atoms with Crippen LogP contribution in [0.15, 0.2) is 0 Å². The van der Waals surface area contributed by atoms with Gasteiger partial charge in [0.25, 0.3) is 0 Å². The van der Waals surface area contributed by atoms with Crippen LogP contribution in [0.2, 0.25) is 0 Å². The molecule has 5 nitrogen and oxygen atoms in total. The van der Waals surface area contributed by atoms with Gasteiger partial charge < -0.3 is 10.1 Å². The first-order chi connectivity index (χ1) is 7.70. The van der Waals surface area contributed by atoms with Crippen LogP contribution in [0.4, 0.5) is 5.00 Å². The smallest absolute Gasteiger partial charge is 0.134 e. The van der Waals surface area contributed by atoms with Crippen molar-refractivity contribution in [2.24, 2.45) is 0 Å². The van der Waals surface area contributed by atoms with Gasteiger partial charge in [0, 0.05) is 37.7 Å². The zero-order chi connectivity index (χ0) is 11.5. The molecule has 0 amide bonds.